The van der Waals surface area contributed by atoms with E-state index in [1.807, 2.05) is 36.1 Å². The minimum atomic E-state index is -0.727. The first kappa shape index (κ1) is 55.4. The molecule has 0 spiro atoms. The van der Waals surface area contributed by atoms with Crippen molar-refractivity contribution < 1.29 is 42.7 Å². The van der Waals surface area contributed by atoms with E-state index in [1.54, 1.807) is 13.8 Å². The number of rotatable bonds is 39. The highest BCUT2D eigenvalue weighted by Gasteiger charge is 2.39. The number of allylic oxidation sites excluding steroid dienone is 2. The number of carbonyl (C=O) groups excluding carboxylic acids is 4. The van der Waals surface area contributed by atoms with E-state index >= 15 is 0 Å². The molecule has 0 bridgehead atoms. The lowest BCUT2D eigenvalue weighted by molar-refractivity contribution is -0.671. The maximum Gasteiger partial charge on any atom is 0.336 e. The Morgan fingerprint density at radius 2 is 0.825 bits per heavy atom. The van der Waals surface area contributed by atoms with Gasteiger partial charge in [-0.15, -0.1) is 0 Å². The second-order valence-corrected chi connectivity index (χ2v) is 17.8. The summed E-state index contributed by atoms with van der Waals surface area (Å²) in [5.41, 5.74) is 2.55. The van der Waals surface area contributed by atoms with Crippen LogP contribution >= 0.6 is 0 Å². The van der Waals surface area contributed by atoms with Gasteiger partial charge in [0.15, 0.2) is 12.4 Å². The Morgan fingerprint density at radius 1 is 0.492 bits per heavy atom. The van der Waals surface area contributed by atoms with E-state index < -0.39 is 17.9 Å². The Kier molecular flexibility index (Phi) is 32.2. The fraction of sp³-hybridized carbons (Fsp3) is 0.755. The first-order valence-electron chi connectivity index (χ1n) is 25.5. The van der Waals surface area contributed by atoms with E-state index in [4.69, 9.17) is 18.9 Å². The van der Waals surface area contributed by atoms with E-state index in [2.05, 4.69) is 19.2 Å². The summed E-state index contributed by atoms with van der Waals surface area (Å²) < 4.78 is 24.2. The van der Waals surface area contributed by atoms with Gasteiger partial charge >= 0.3 is 23.9 Å². The number of hydrogen-bond acceptors (Lipinski definition) is 9. The van der Waals surface area contributed by atoms with Gasteiger partial charge in [-0.1, -0.05) is 168 Å². The Balaban J connectivity index is 1.69. The van der Waals surface area contributed by atoms with Crippen LogP contribution in [0.25, 0.3) is 0 Å². The van der Waals surface area contributed by atoms with Gasteiger partial charge in [-0.2, -0.15) is 0 Å². The number of carbonyl (C=O) groups is 4. The highest BCUT2D eigenvalue weighted by molar-refractivity contribution is 5.99. The molecule has 1 aromatic rings. The SMILES string of the molecule is CCCCCCCCCCCCCCCC(=O)OCCCOC(=O)C1=C(C)NC(C)=C(C(=O)OCCCOC(=O)CCCCCCCCCCCCCCC)C1c1ccc[n+](C)c1. The standard InChI is InChI=1S/C53H88N2O8/c1-6-8-10-12-14-16-18-20-22-24-26-28-30-36-47(56)60-39-33-41-62-52(58)49-44(3)54-45(4)50(51(49)46-35-32-38-55(5)43-46)53(59)63-42-34-40-61-48(57)37-31-29-27-25-23-21-19-17-15-13-11-9-7-2/h32,35,38,43,51H,6-31,33-34,36-37,39-42H2,1-5H3/p+1. The molecule has 0 unspecified atom stereocenters. The van der Waals surface area contributed by atoms with Gasteiger partial charge in [-0.25, -0.2) is 14.2 Å². The molecule has 1 N–H and O–H groups in total. The number of unbranched alkanes of at least 4 members (excludes halogenated alkanes) is 24. The molecule has 2 rings (SSSR count). The van der Waals surface area contributed by atoms with Gasteiger partial charge in [0.2, 0.25) is 0 Å². The summed E-state index contributed by atoms with van der Waals surface area (Å²) in [6.45, 7) is 8.58. The number of aromatic nitrogens is 1. The van der Waals surface area contributed by atoms with Crippen LogP contribution in [0.5, 0.6) is 0 Å². The van der Waals surface area contributed by atoms with Crippen LogP contribution in [0, 0.1) is 0 Å². The monoisotopic (exact) mass is 882 g/mol. The van der Waals surface area contributed by atoms with Crippen molar-refractivity contribution in [1.82, 2.24) is 5.32 Å². The van der Waals surface area contributed by atoms with Crippen LogP contribution in [0.15, 0.2) is 47.1 Å². The summed E-state index contributed by atoms with van der Waals surface area (Å²) >= 11 is 0. The molecule has 63 heavy (non-hydrogen) atoms. The lowest BCUT2D eigenvalue weighted by Gasteiger charge is -2.30. The number of dihydropyridines is 1. The maximum absolute atomic E-state index is 13.7. The van der Waals surface area contributed by atoms with Crippen LogP contribution in [0.2, 0.25) is 0 Å². The number of hydrogen-bond donors (Lipinski definition) is 1. The van der Waals surface area contributed by atoms with E-state index in [0.29, 0.717) is 48.2 Å². The van der Waals surface area contributed by atoms with Gasteiger partial charge < -0.3 is 24.3 Å². The molecule has 10 nitrogen and oxygen atoms in total. The third-order valence-corrected chi connectivity index (χ3v) is 12.0. The molecule has 0 radical (unpaired) electrons. The molecule has 358 valence electrons. The predicted octanol–water partition coefficient (Wildman–Crippen LogP) is 12.7. The second-order valence-electron chi connectivity index (χ2n) is 17.8. The molecule has 0 aromatic carbocycles. The summed E-state index contributed by atoms with van der Waals surface area (Å²) in [5.74, 6) is -2.27. The summed E-state index contributed by atoms with van der Waals surface area (Å²) in [4.78, 5) is 52.1. The number of esters is 4. The van der Waals surface area contributed by atoms with Crippen LogP contribution in [0.1, 0.15) is 232 Å². The van der Waals surface area contributed by atoms with Crippen molar-refractivity contribution >= 4 is 23.9 Å². The third-order valence-electron chi connectivity index (χ3n) is 12.0. The van der Waals surface area contributed by atoms with Crippen LogP contribution in [-0.2, 0) is 45.2 Å². The van der Waals surface area contributed by atoms with Crippen molar-refractivity contribution in [3.63, 3.8) is 0 Å². The number of nitrogens with zero attached hydrogens (tertiary/aromatic N) is 1. The number of nitrogens with one attached hydrogen (secondary N) is 1. The normalized spacial score (nSPS) is 13.0. The number of aryl methyl sites for hydroxylation is 1. The smallest absolute Gasteiger partial charge is 0.336 e. The van der Waals surface area contributed by atoms with Gasteiger partial charge in [-0.05, 0) is 32.8 Å². The zero-order valence-corrected chi connectivity index (χ0v) is 40.6. The summed E-state index contributed by atoms with van der Waals surface area (Å²) in [6, 6.07) is 3.75. The second kappa shape index (κ2) is 36.6. The van der Waals surface area contributed by atoms with E-state index in [9.17, 15) is 19.2 Å². The molecule has 1 aromatic heterocycles. The summed E-state index contributed by atoms with van der Waals surface area (Å²) in [7, 11) is 1.88. The number of pyridine rings is 1. The van der Waals surface area contributed by atoms with Gasteiger partial charge in [0.05, 0.1) is 43.5 Å². The first-order chi connectivity index (χ1) is 30.7. The third kappa shape index (κ3) is 26.0. The Morgan fingerprint density at radius 3 is 1.17 bits per heavy atom. The predicted molar refractivity (Wildman–Crippen MR) is 253 cm³/mol. The van der Waals surface area contributed by atoms with E-state index in [0.717, 1.165) is 44.1 Å². The lowest BCUT2D eigenvalue weighted by atomic mass is 9.81. The Bertz CT molecular complexity index is 1400. The highest BCUT2D eigenvalue weighted by atomic mass is 16.6. The Labute approximate surface area is 383 Å². The maximum atomic E-state index is 13.7. The summed E-state index contributed by atoms with van der Waals surface area (Å²) in [5, 5.41) is 3.20. The van der Waals surface area contributed by atoms with Crippen molar-refractivity contribution in [3.8, 4) is 0 Å². The minimum absolute atomic E-state index is 0.0669. The van der Waals surface area contributed by atoms with Crippen molar-refractivity contribution in [2.75, 3.05) is 26.4 Å². The molecule has 10 heteroatoms. The van der Waals surface area contributed by atoms with Gasteiger partial charge in [-0.3, -0.25) is 9.59 Å². The van der Waals surface area contributed by atoms with Gasteiger partial charge in [0.25, 0.3) is 0 Å². The largest absolute Gasteiger partial charge is 0.466 e. The molecule has 0 saturated carbocycles. The van der Waals surface area contributed by atoms with Crippen LogP contribution in [-0.4, -0.2) is 50.3 Å². The fourth-order valence-corrected chi connectivity index (χ4v) is 8.34. The average Bonchev–Trinajstić information content (AvgIpc) is 3.26. The Hall–Kier alpha value is -3.69. The first-order valence-corrected chi connectivity index (χ1v) is 25.5. The van der Waals surface area contributed by atoms with E-state index in [-0.39, 0.29) is 38.4 Å². The van der Waals surface area contributed by atoms with Crippen molar-refractivity contribution in [2.24, 2.45) is 7.05 Å². The quantitative estimate of drug-likeness (QED) is 0.0298. The minimum Gasteiger partial charge on any atom is -0.466 e. The summed E-state index contributed by atoms with van der Waals surface area (Å²) in [6.07, 6.45) is 37.9. The van der Waals surface area contributed by atoms with Crippen LogP contribution in [0.3, 0.4) is 0 Å². The van der Waals surface area contributed by atoms with Crippen LogP contribution < -0.4 is 9.88 Å². The molecule has 0 amide bonds. The molecule has 2 heterocycles. The van der Waals surface area contributed by atoms with Gasteiger partial charge in [0.1, 0.15) is 7.05 Å². The molecule has 0 atom stereocenters. The van der Waals surface area contributed by atoms with Gasteiger partial charge in [0, 0.05) is 48.7 Å². The molecule has 1 aliphatic rings. The molecular weight excluding hydrogens is 793 g/mol. The van der Waals surface area contributed by atoms with Crippen molar-refractivity contribution in [3.05, 3.63) is 52.6 Å². The lowest BCUT2D eigenvalue weighted by Crippen LogP contribution is -2.34. The van der Waals surface area contributed by atoms with Crippen LogP contribution in [0.4, 0.5) is 0 Å². The molecule has 0 saturated heterocycles. The highest BCUT2D eigenvalue weighted by Crippen LogP contribution is 2.39. The van der Waals surface area contributed by atoms with Crippen molar-refractivity contribution in [2.45, 2.75) is 226 Å². The fourth-order valence-electron chi connectivity index (χ4n) is 8.34. The van der Waals surface area contributed by atoms with E-state index in [1.165, 1.54) is 128 Å². The molecular formula is C53H89N2O8+. The topological polar surface area (TPSA) is 121 Å². The zero-order valence-electron chi connectivity index (χ0n) is 40.6. The molecule has 1 aliphatic heterocycles. The zero-order chi connectivity index (χ0) is 45.8. The average molecular weight is 882 g/mol. The molecule has 0 aliphatic carbocycles. The number of ether oxygens (including phenoxy) is 4. The van der Waals surface area contributed by atoms with Crippen molar-refractivity contribution in [1.29, 1.82) is 0 Å². The molecule has 0 fully saturated rings.